The summed E-state index contributed by atoms with van der Waals surface area (Å²) in [5.41, 5.74) is 1.73. The van der Waals surface area contributed by atoms with Crippen LogP contribution in [-0.2, 0) is 11.2 Å². The number of carboxylic acid groups (broad SMARTS) is 1. The SMILES string of the molecule is C=C(Cc1cc(Cl)c(C)cc1OC)C(=O)O. The first kappa shape index (κ1) is 12.6. The molecular formula is C12H13ClO3. The highest BCUT2D eigenvalue weighted by Gasteiger charge is 2.11. The summed E-state index contributed by atoms with van der Waals surface area (Å²) in [5.74, 6) is -0.386. The topological polar surface area (TPSA) is 46.5 Å². The van der Waals surface area contributed by atoms with Crippen molar-refractivity contribution in [1.82, 2.24) is 0 Å². The van der Waals surface area contributed by atoms with Crippen LogP contribution in [0.5, 0.6) is 5.75 Å². The van der Waals surface area contributed by atoms with Crippen molar-refractivity contribution in [2.75, 3.05) is 7.11 Å². The number of methoxy groups -OCH3 is 1. The van der Waals surface area contributed by atoms with Gasteiger partial charge >= 0.3 is 5.97 Å². The molecule has 86 valence electrons. The molecule has 0 radical (unpaired) electrons. The van der Waals surface area contributed by atoms with E-state index in [0.717, 1.165) is 11.1 Å². The van der Waals surface area contributed by atoms with E-state index in [-0.39, 0.29) is 12.0 Å². The van der Waals surface area contributed by atoms with Gasteiger partial charge in [-0.1, -0.05) is 18.2 Å². The zero-order valence-electron chi connectivity index (χ0n) is 9.21. The summed E-state index contributed by atoms with van der Waals surface area (Å²) in [5, 5.41) is 9.35. The molecule has 16 heavy (non-hydrogen) atoms. The lowest BCUT2D eigenvalue weighted by molar-refractivity contribution is -0.132. The van der Waals surface area contributed by atoms with Crippen LogP contribution in [0.2, 0.25) is 5.02 Å². The Labute approximate surface area is 99.3 Å². The fourth-order valence-corrected chi connectivity index (χ4v) is 1.52. The third kappa shape index (κ3) is 2.76. The van der Waals surface area contributed by atoms with E-state index in [4.69, 9.17) is 21.4 Å². The van der Waals surface area contributed by atoms with Gasteiger partial charge in [0.15, 0.2) is 0 Å². The lowest BCUT2D eigenvalue weighted by Gasteiger charge is -2.10. The summed E-state index contributed by atoms with van der Waals surface area (Å²) in [6.45, 7) is 5.34. The van der Waals surface area contributed by atoms with Crippen LogP contribution in [0, 0.1) is 6.92 Å². The first-order valence-corrected chi connectivity index (χ1v) is 5.07. The molecule has 0 aromatic heterocycles. The Morgan fingerprint density at radius 1 is 1.56 bits per heavy atom. The average molecular weight is 241 g/mol. The van der Waals surface area contributed by atoms with Crippen molar-refractivity contribution < 1.29 is 14.6 Å². The zero-order chi connectivity index (χ0) is 12.3. The summed E-state index contributed by atoms with van der Waals surface area (Å²) in [6.07, 6.45) is 0.221. The van der Waals surface area contributed by atoms with E-state index in [1.54, 1.807) is 12.1 Å². The van der Waals surface area contributed by atoms with Crippen LogP contribution >= 0.6 is 11.6 Å². The highest BCUT2D eigenvalue weighted by Crippen LogP contribution is 2.28. The van der Waals surface area contributed by atoms with Crippen LogP contribution in [0.1, 0.15) is 11.1 Å². The van der Waals surface area contributed by atoms with Crippen molar-refractivity contribution in [3.63, 3.8) is 0 Å². The zero-order valence-corrected chi connectivity index (χ0v) is 9.97. The smallest absolute Gasteiger partial charge is 0.331 e. The van der Waals surface area contributed by atoms with Crippen molar-refractivity contribution >= 4 is 17.6 Å². The third-order valence-corrected chi connectivity index (χ3v) is 2.68. The lowest BCUT2D eigenvalue weighted by Crippen LogP contribution is -2.03. The van der Waals surface area contributed by atoms with Gasteiger partial charge in [0, 0.05) is 22.6 Å². The largest absolute Gasteiger partial charge is 0.496 e. The van der Waals surface area contributed by atoms with Crippen LogP contribution in [0.4, 0.5) is 0 Å². The number of carboxylic acids is 1. The molecule has 0 spiro atoms. The number of benzene rings is 1. The van der Waals surface area contributed by atoms with Gasteiger partial charge in [-0.15, -0.1) is 0 Å². The second kappa shape index (κ2) is 5.03. The molecule has 0 atom stereocenters. The predicted octanol–water partition coefficient (Wildman–Crippen LogP) is 2.84. The van der Waals surface area contributed by atoms with E-state index in [1.807, 2.05) is 6.92 Å². The van der Waals surface area contributed by atoms with Gasteiger partial charge < -0.3 is 9.84 Å². The van der Waals surface area contributed by atoms with Crippen molar-refractivity contribution in [3.05, 3.63) is 40.4 Å². The van der Waals surface area contributed by atoms with Gasteiger partial charge in [0.25, 0.3) is 0 Å². The quantitative estimate of drug-likeness (QED) is 0.824. The molecule has 0 bridgehead atoms. The van der Waals surface area contributed by atoms with Gasteiger partial charge in [-0.25, -0.2) is 4.79 Å². The summed E-state index contributed by atoms with van der Waals surface area (Å²) in [6, 6.07) is 3.50. The Balaban J connectivity index is 3.08. The molecule has 0 heterocycles. The van der Waals surface area contributed by atoms with E-state index < -0.39 is 5.97 Å². The Bertz CT molecular complexity index is 438. The fraction of sp³-hybridized carbons (Fsp3) is 0.250. The number of ether oxygens (including phenoxy) is 1. The molecule has 0 saturated carbocycles. The normalized spacial score (nSPS) is 9.94. The maximum Gasteiger partial charge on any atom is 0.331 e. The second-order valence-electron chi connectivity index (χ2n) is 3.50. The summed E-state index contributed by atoms with van der Waals surface area (Å²) < 4.78 is 5.17. The molecule has 0 unspecified atom stereocenters. The average Bonchev–Trinajstić information content (AvgIpc) is 2.22. The molecule has 4 heteroatoms. The maximum absolute atomic E-state index is 10.7. The van der Waals surface area contributed by atoms with Gasteiger partial charge in [-0.2, -0.15) is 0 Å². The third-order valence-electron chi connectivity index (χ3n) is 2.27. The Hall–Kier alpha value is -1.48. The number of halogens is 1. The van der Waals surface area contributed by atoms with Gasteiger partial charge in [-0.3, -0.25) is 0 Å². The van der Waals surface area contributed by atoms with Crippen LogP contribution < -0.4 is 4.74 Å². The first-order valence-electron chi connectivity index (χ1n) is 4.69. The van der Waals surface area contributed by atoms with Gasteiger partial charge in [0.1, 0.15) is 5.75 Å². The number of hydrogen-bond donors (Lipinski definition) is 1. The molecule has 1 aromatic rings. The molecule has 1 rings (SSSR count). The summed E-state index contributed by atoms with van der Waals surface area (Å²) in [4.78, 5) is 10.7. The van der Waals surface area contributed by atoms with Crippen LogP contribution in [0.25, 0.3) is 0 Å². The molecule has 0 amide bonds. The van der Waals surface area contributed by atoms with Crippen molar-refractivity contribution in [2.45, 2.75) is 13.3 Å². The number of hydrogen-bond acceptors (Lipinski definition) is 2. The highest BCUT2D eigenvalue weighted by atomic mass is 35.5. The number of aryl methyl sites for hydroxylation is 1. The Morgan fingerprint density at radius 2 is 2.19 bits per heavy atom. The minimum absolute atomic E-state index is 0.109. The van der Waals surface area contributed by atoms with E-state index in [1.165, 1.54) is 7.11 Å². The van der Waals surface area contributed by atoms with Gasteiger partial charge in [0.2, 0.25) is 0 Å². The standard InChI is InChI=1S/C12H13ClO3/c1-7-5-11(16-3)9(6-10(7)13)4-8(2)12(14)15/h5-6H,2,4H2,1,3H3,(H,14,15). The number of aliphatic carboxylic acids is 1. The molecule has 1 N–H and O–H groups in total. The summed E-state index contributed by atoms with van der Waals surface area (Å²) in [7, 11) is 1.54. The number of rotatable bonds is 4. The minimum atomic E-state index is -1.02. The molecular weight excluding hydrogens is 228 g/mol. The van der Waals surface area contributed by atoms with E-state index in [2.05, 4.69) is 6.58 Å². The van der Waals surface area contributed by atoms with Gasteiger partial charge in [0.05, 0.1) is 7.11 Å². The maximum atomic E-state index is 10.7. The lowest BCUT2D eigenvalue weighted by atomic mass is 10.0. The fourth-order valence-electron chi connectivity index (χ4n) is 1.33. The van der Waals surface area contributed by atoms with E-state index in [0.29, 0.717) is 10.8 Å². The van der Waals surface area contributed by atoms with Crippen LogP contribution in [0.3, 0.4) is 0 Å². The molecule has 3 nitrogen and oxygen atoms in total. The van der Waals surface area contributed by atoms with Crippen molar-refractivity contribution in [2.24, 2.45) is 0 Å². The molecule has 0 fully saturated rings. The first-order chi connectivity index (χ1) is 7.45. The van der Waals surface area contributed by atoms with Crippen LogP contribution in [0.15, 0.2) is 24.3 Å². The molecule has 0 saturated heterocycles. The van der Waals surface area contributed by atoms with E-state index in [9.17, 15) is 4.79 Å². The van der Waals surface area contributed by atoms with Gasteiger partial charge in [-0.05, 0) is 24.6 Å². The van der Waals surface area contributed by atoms with Crippen LogP contribution in [-0.4, -0.2) is 18.2 Å². The molecule has 0 aliphatic carbocycles. The Morgan fingerprint density at radius 3 is 2.69 bits per heavy atom. The minimum Gasteiger partial charge on any atom is -0.496 e. The van der Waals surface area contributed by atoms with Crippen molar-refractivity contribution in [1.29, 1.82) is 0 Å². The highest BCUT2D eigenvalue weighted by molar-refractivity contribution is 6.31. The summed E-state index contributed by atoms with van der Waals surface area (Å²) >= 11 is 5.97. The van der Waals surface area contributed by atoms with E-state index >= 15 is 0 Å². The van der Waals surface area contributed by atoms with Crippen molar-refractivity contribution in [3.8, 4) is 5.75 Å². The molecule has 1 aromatic carbocycles. The monoisotopic (exact) mass is 240 g/mol. The predicted molar refractivity (Wildman–Crippen MR) is 63.2 cm³/mol. The Kier molecular flexibility index (Phi) is 3.96. The second-order valence-corrected chi connectivity index (χ2v) is 3.91. The molecule has 0 aliphatic rings. The molecule has 0 aliphatic heterocycles. The number of carbonyl (C=O) groups is 1.